The molecule has 6 nitrogen and oxygen atoms in total. The average Bonchev–Trinajstić information content (AvgIpc) is 2.49. The van der Waals surface area contributed by atoms with Crippen LogP contribution in [0.15, 0.2) is 18.6 Å². The van der Waals surface area contributed by atoms with Crippen LogP contribution < -0.4 is 0 Å². The molecule has 1 aromatic rings. The molecule has 1 atom stereocenters. The molecule has 2 rings (SSSR count). The van der Waals surface area contributed by atoms with Crippen LogP contribution in [-0.4, -0.2) is 71.6 Å². The zero-order chi connectivity index (χ0) is 14.4. The summed E-state index contributed by atoms with van der Waals surface area (Å²) in [7, 11) is 1.97. The van der Waals surface area contributed by atoms with Crippen molar-refractivity contribution in [2.45, 2.75) is 19.4 Å². The lowest BCUT2D eigenvalue weighted by Crippen LogP contribution is -2.46. The third-order valence-corrected chi connectivity index (χ3v) is 3.62. The lowest BCUT2D eigenvalue weighted by atomic mass is 10.1. The van der Waals surface area contributed by atoms with Gasteiger partial charge in [-0.05, 0) is 14.0 Å². The smallest absolute Gasteiger partial charge is 0.236 e. The van der Waals surface area contributed by atoms with E-state index in [0.29, 0.717) is 32.8 Å². The average molecular weight is 278 g/mol. The highest BCUT2D eigenvalue weighted by molar-refractivity contribution is 5.78. The van der Waals surface area contributed by atoms with Gasteiger partial charge in [-0.3, -0.25) is 19.7 Å². The van der Waals surface area contributed by atoms with Gasteiger partial charge in [0.2, 0.25) is 5.91 Å². The number of carbonyl (C=O) groups excluding carboxylic acids is 1. The van der Waals surface area contributed by atoms with E-state index >= 15 is 0 Å². The fourth-order valence-electron chi connectivity index (χ4n) is 2.18. The second kappa shape index (κ2) is 7.31. The number of carbonyl (C=O) groups is 1. The minimum atomic E-state index is 0.168. The van der Waals surface area contributed by atoms with Gasteiger partial charge in [0, 0.05) is 44.1 Å². The summed E-state index contributed by atoms with van der Waals surface area (Å²) in [5.74, 6) is 0.168. The molecule has 1 fully saturated rings. The number of hydrogen-bond acceptors (Lipinski definition) is 5. The Balaban J connectivity index is 1.81. The van der Waals surface area contributed by atoms with Crippen molar-refractivity contribution in [2.75, 3.05) is 39.9 Å². The molecule has 0 N–H and O–H groups in total. The molecule has 1 unspecified atom stereocenters. The monoisotopic (exact) mass is 278 g/mol. The number of likely N-dealkylation sites (N-methyl/N-ethyl adjacent to an activating group) is 1. The van der Waals surface area contributed by atoms with Gasteiger partial charge in [0.25, 0.3) is 0 Å². The highest BCUT2D eigenvalue weighted by atomic mass is 16.5. The number of aromatic nitrogens is 2. The van der Waals surface area contributed by atoms with E-state index in [4.69, 9.17) is 4.74 Å². The van der Waals surface area contributed by atoms with Crippen LogP contribution >= 0.6 is 0 Å². The summed E-state index contributed by atoms with van der Waals surface area (Å²) in [5, 5.41) is 0. The Morgan fingerprint density at radius 3 is 2.85 bits per heavy atom. The molecule has 0 spiro atoms. The lowest BCUT2D eigenvalue weighted by Gasteiger charge is -2.30. The predicted molar refractivity (Wildman–Crippen MR) is 75.2 cm³/mol. The van der Waals surface area contributed by atoms with E-state index in [1.54, 1.807) is 18.6 Å². The number of nitrogens with zero attached hydrogens (tertiary/aromatic N) is 4. The van der Waals surface area contributed by atoms with Gasteiger partial charge < -0.3 is 9.64 Å². The number of amides is 1. The van der Waals surface area contributed by atoms with Crippen molar-refractivity contribution in [2.24, 2.45) is 0 Å². The summed E-state index contributed by atoms with van der Waals surface area (Å²) in [6.07, 6.45) is 5.93. The van der Waals surface area contributed by atoms with Gasteiger partial charge in [0.1, 0.15) is 0 Å². The van der Waals surface area contributed by atoms with E-state index in [9.17, 15) is 4.79 Å². The van der Waals surface area contributed by atoms with E-state index in [0.717, 1.165) is 12.1 Å². The van der Waals surface area contributed by atoms with Gasteiger partial charge in [-0.2, -0.15) is 0 Å². The summed E-state index contributed by atoms with van der Waals surface area (Å²) in [5.41, 5.74) is 0.950. The number of morpholine rings is 1. The van der Waals surface area contributed by atoms with Crippen molar-refractivity contribution in [3.63, 3.8) is 0 Å². The van der Waals surface area contributed by atoms with Gasteiger partial charge in [0.05, 0.1) is 25.5 Å². The van der Waals surface area contributed by atoms with Crippen molar-refractivity contribution in [3.8, 4) is 0 Å². The van der Waals surface area contributed by atoms with Crippen LogP contribution in [0.2, 0.25) is 0 Å². The Kier molecular flexibility index (Phi) is 5.43. The Morgan fingerprint density at radius 1 is 1.45 bits per heavy atom. The van der Waals surface area contributed by atoms with Gasteiger partial charge in [-0.1, -0.05) is 0 Å². The molecule has 20 heavy (non-hydrogen) atoms. The van der Waals surface area contributed by atoms with Gasteiger partial charge >= 0.3 is 0 Å². The first kappa shape index (κ1) is 14.9. The summed E-state index contributed by atoms with van der Waals surface area (Å²) in [6.45, 7) is 5.22. The maximum atomic E-state index is 12.2. The lowest BCUT2D eigenvalue weighted by molar-refractivity contribution is -0.136. The van der Waals surface area contributed by atoms with Gasteiger partial charge in [-0.15, -0.1) is 0 Å². The Morgan fingerprint density at radius 2 is 2.20 bits per heavy atom. The molecule has 0 radical (unpaired) electrons. The Hall–Kier alpha value is -1.53. The standard InChI is InChI=1S/C14H22N4O2/c1-12(9-13-10-15-3-4-16-13)17(2)11-14(19)18-5-7-20-8-6-18/h3-4,10,12H,5-9,11H2,1-2H3. The molecule has 0 bridgehead atoms. The summed E-state index contributed by atoms with van der Waals surface area (Å²) < 4.78 is 5.26. The predicted octanol–water partition coefficient (Wildman–Crippen LogP) is 0.198. The first-order valence-corrected chi connectivity index (χ1v) is 6.97. The molecule has 1 aromatic heterocycles. The molecular weight excluding hydrogens is 256 g/mol. The molecule has 1 amide bonds. The maximum Gasteiger partial charge on any atom is 0.236 e. The molecular formula is C14H22N4O2. The topological polar surface area (TPSA) is 58.6 Å². The number of ether oxygens (including phenoxy) is 1. The van der Waals surface area contributed by atoms with Crippen molar-refractivity contribution in [1.29, 1.82) is 0 Å². The third kappa shape index (κ3) is 4.25. The van der Waals surface area contributed by atoms with Crippen LogP contribution in [0, 0.1) is 0 Å². The molecule has 1 aliphatic rings. The molecule has 6 heteroatoms. The molecule has 110 valence electrons. The first-order chi connectivity index (χ1) is 9.66. The minimum Gasteiger partial charge on any atom is -0.378 e. The number of hydrogen-bond donors (Lipinski definition) is 0. The maximum absolute atomic E-state index is 12.2. The summed E-state index contributed by atoms with van der Waals surface area (Å²) in [6, 6.07) is 0.247. The van der Waals surface area contributed by atoms with Crippen molar-refractivity contribution >= 4 is 5.91 Å². The molecule has 0 aliphatic carbocycles. The zero-order valence-electron chi connectivity index (χ0n) is 12.2. The highest BCUT2D eigenvalue weighted by Crippen LogP contribution is 2.05. The Bertz CT molecular complexity index is 420. The SMILES string of the molecule is CC(Cc1cnccn1)N(C)CC(=O)N1CCOCC1. The molecule has 1 aliphatic heterocycles. The molecule has 1 saturated heterocycles. The molecule has 0 aromatic carbocycles. The first-order valence-electron chi connectivity index (χ1n) is 6.97. The van der Waals surface area contributed by atoms with Crippen LogP contribution in [0.5, 0.6) is 0 Å². The Labute approximate surface area is 119 Å². The fourth-order valence-corrected chi connectivity index (χ4v) is 2.18. The van der Waals surface area contributed by atoms with Crippen LogP contribution in [0.1, 0.15) is 12.6 Å². The number of rotatable bonds is 5. The van der Waals surface area contributed by atoms with Crippen molar-refractivity contribution < 1.29 is 9.53 Å². The fraction of sp³-hybridized carbons (Fsp3) is 0.643. The van der Waals surface area contributed by atoms with E-state index < -0.39 is 0 Å². The van der Waals surface area contributed by atoms with Crippen LogP contribution in [-0.2, 0) is 16.0 Å². The molecule has 2 heterocycles. The second-order valence-corrected chi connectivity index (χ2v) is 5.16. The quantitative estimate of drug-likeness (QED) is 0.770. The van der Waals surface area contributed by atoms with Crippen LogP contribution in [0.4, 0.5) is 0 Å². The minimum absolute atomic E-state index is 0.168. The largest absolute Gasteiger partial charge is 0.378 e. The zero-order valence-corrected chi connectivity index (χ0v) is 12.2. The normalized spacial score (nSPS) is 17.2. The van der Waals surface area contributed by atoms with Crippen molar-refractivity contribution in [3.05, 3.63) is 24.3 Å². The van der Waals surface area contributed by atoms with E-state index in [-0.39, 0.29) is 11.9 Å². The van der Waals surface area contributed by atoms with E-state index in [1.165, 1.54) is 0 Å². The van der Waals surface area contributed by atoms with Gasteiger partial charge in [-0.25, -0.2) is 0 Å². The third-order valence-electron chi connectivity index (χ3n) is 3.62. The summed E-state index contributed by atoms with van der Waals surface area (Å²) in [4.78, 5) is 24.4. The second-order valence-electron chi connectivity index (χ2n) is 5.16. The van der Waals surface area contributed by atoms with Crippen LogP contribution in [0.3, 0.4) is 0 Å². The van der Waals surface area contributed by atoms with Crippen LogP contribution in [0.25, 0.3) is 0 Å². The van der Waals surface area contributed by atoms with Gasteiger partial charge in [0.15, 0.2) is 0 Å². The molecule has 0 saturated carbocycles. The van der Waals surface area contributed by atoms with Crippen molar-refractivity contribution in [1.82, 2.24) is 19.8 Å². The highest BCUT2D eigenvalue weighted by Gasteiger charge is 2.20. The van der Waals surface area contributed by atoms with E-state index in [2.05, 4.69) is 21.8 Å². The summed E-state index contributed by atoms with van der Waals surface area (Å²) >= 11 is 0. The van der Waals surface area contributed by atoms with E-state index in [1.807, 2.05) is 11.9 Å².